The highest BCUT2D eigenvalue weighted by Crippen LogP contribution is 2.26. The topological polar surface area (TPSA) is 116 Å². The second kappa shape index (κ2) is 11.2. The first-order chi connectivity index (χ1) is 17.9. The third kappa shape index (κ3) is 6.57. The van der Waals surface area contributed by atoms with Crippen molar-refractivity contribution in [2.24, 2.45) is 0 Å². The number of carbonyl (C=O) groups is 3. The van der Waals surface area contributed by atoms with Crippen molar-refractivity contribution in [3.8, 4) is 0 Å². The van der Waals surface area contributed by atoms with E-state index in [-0.39, 0.29) is 29.4 Å². The van der Waals surface area contributed by atoms with E-state index in [0.29, 0.717) is 28.5 Å². The normalized spacial score (nSPS) is 16.4. The van der Waals surface area contributed by atoms with Crippen LogP contribution < -0.4 is 10.6 Å². The van der Waals surface area contributed by atoms with Crippen LogP contribution in [0.4, 0.5) is 4.79 Å². The Morgan fingerprint density at radius 3 is 2.66 bits per heavy atom. The Kier molecular flexibility index (Phi) is 8.18. The fourth-order valence-electron chi connectivity index (χ4n) is 4.37. The van der Waals surface area contributed by atoms with Crippen LogP contribution >= 0.6 is 23.2 Å². The quantitative estimate of drug-likeness (QED) is 0.369. The van der Waals surface area contributed by atoms with E-state index in [1.54, 1.807) is 56.0 Å². The van der Waals surface area contributed by atoms with Crippen LogP contribution in [0, 0.1) is 0 Å². The second-order valence-corrected chi connectivity index (χ2v) is 11.2. The fourth-order valence-corrected chi connectivity index (χ4v) is 4.80. The van der Waals surface area contributed by atoms with Crippen LogP contribution in [0.25, 0.3) is 11.0 Å². The van der Waals surface area contributed by atoms with Crippen molar-refractivity contribution in [1.82, 2.24) is 25.5 Å². The van der Waals surface area contributed by atoms with Crippen LogP contribution in [0.3, 0.4) is 0 Å². The molecule has 9 nitrogen and oxygen atoms in total. The molecule has 11 heteroatoms. The number of hydrogen-bond acceptors (Lipinski definition) is 5. The Hall–Kier alpha value is -3.30. The maximum atomic E-state index is 13.3. The Morgan fingerprint density at radius 1 is 1.18 bits per heavy atom. The van der Waals surface area contributed by atoms with Crippen LogP contribution in [0.2, 0.25) is 10.0 Å². The molecule has 202 valence electrons. The fraction of sp³-hybridized carbons (Fsp3) is 0.407. The van der Waals surface area contributed by atoms with E-state index in [1.807, 2.05) is 6.92 Å². The summed E-state index contributed by atoms with van der Waals surface area (Å²) in [5, 5.41) is 6.41. The van der Waals surface area contributed by atoms with Crippen molar-refractivity contribution in [3.05, 3.63) is 63.4 Å². The van der Waals surface area contributed by atoms with Gasteiger partial charge < -0.3 is 25.3 Å². The van der Waals surface area contributed by atoms with Gasteiger partial charge in [0.1, 0.15) is 11.4 Å². The zero-order valence-electron chi connectivity index (χ0n) is 21.7. The summed E-state index contributed by atoms with van der Waals surface area (Å²) in [5.41, 5.74) is 1.55. The number of ether oxygens (including phenoxy) is 1. The molecule has 1 aliphatic rings. The van der Waals surface area contributed by atoms with Gasteiger partial charge in [0.05, 0.1) is 27.7 Å². The molecular formula is C27H31Cl2N5O4. The SMILES string of the molecule is C[C@H](NC(=O)c1ccc(C(=O)N2CCC[C@@H]2CNC(=O)OC(C)(C)C)c(Cl)c1)c1nc2ccc(Cl)cc2[nH]1. The summed E-state index contributed by atoms with van der Waals surface area (Å²) in [6, 6.07) is 9.37. The summed E-state index contributed by atoms with van der Waals surface area (Å²) in [6.07, 6.45) is 1.05. The number of benzene rings is 2. The van der Waals surface area contributed by atoms with Crippen LogP contribution in [-0.2, 0) is 4.74 Å². The molecule has 3 N–H and O–H groups in total. The minimum Gasteiger partial charge on any atom is -0.444 e. The molecule has 1 aromatic heterocycles. The van der Waals surface area contributed by atoms with Crippen molar-refractivity contribution in [2.75, 3.05) is 13.1 Å². The molecule has 0 aliphatic carbocycles. The van der Waals surface area contributed by atoms with Crippen LogP contribution in [0.5, 0.6) is 0 Å². The maximum absolute atomic E-state index is 13.3. The lowest BCUT2D eigenvalue weighted by Gasteiger charge is -2.26. The van der Waals surface area contributed by atoms with E-state index in [1.165, 1.54) is 6.07 Å². The number of likely N-dealkylation sites (tertiary alicyclic amines) is 1. The number of rotatable bonds is 6. The summed E-state index contributed by atoms with van der Waals surface area (Å²) in [4.78, 5) is 47.6. The van der Waals surface area contributed by atoms with Gasteiger partial charge in [0.2, 0.25) is 0 Å². The lowest BCUT2D eigenvalue weighted by atomic mass is 10.1. The molecular weight excluding hydrogens is 529 g/mol. The molecule has 2 aromatic carbocycles. The number of nitrogens with one attached hydrogen (secondary N) is 3. The third-order valence-electron chi connectivity index (χ3n) is 6.20. The summed E-state index contributed by atoms with van der Waals surface area (Å²) in [7, 11) is 0. The van der Waals surface area contributed by atoms with Gasteiger partial charge in [-0.3, -0.25) is 9.59 Å². The van der Waals surface area contributed by atoms with E-state index in [2.05, 4.69) is 20.6 Å². The second-order valence-electron chi connectivity index (χ2n) is 10.4. The zero-order valence-corrected chi connectivity index (χ0v) is 23.2. The monoisotopic (exact) mass is 559 g/mol. The highest BCUT2D eigenvalue weighted by molar-refractivity contribution is 6.34. The number of carbonyl (C=O) groups excluding carboxylic acids is 3. The summed E-state index contributed by atoms with van der Waals surface area (Å²) in [5.74, 6) is -0.00386. The van der Waals surface area contributed by atoms with Gasteiger partial charge in [0.25, 0.3) is 11.8 Å². The highest BCUT2D eigenvalue weighted by atomic mass is 35.5. The molecule has 0 spiro atoms. The summed E-state index contributed by atoms with van der Waals surface area (Å²) in [6.45, 7) is 8.03. The van der Waals surface area contributed by atoms with Gasteiger partial charge in [0.15, 0.2) is 0 Å². The van der Waals surface area contributed by atoms with Gasteiger partial charge in [-0.1, -0.05) is 23.2 Å². The number of halogens is 2. The molecule has 38 heavy (non-hydrogen) atoms. The molecule has 2 atom stereocenters. The Balaban J connectivity index is 1.39. The van der Waals surface area contributed by atoms with Crippen molar-refractivity contribution in [3.63, 3.8) is 0 Å². The minimum absolute atomic E-state index is 0.173. The number of aromatic amines is 1. The molecule has 0 unspecified atom stereocenters. The van der Waals surface area contributed by atoms with Crippen molar-refractivity contribution >= 4 is 52.1 Å². The number of H-pyrrole nitrogens is 1. The van der Waals surface area contributed by atoms with E-state index in [0.717, 1.165) is 23.9 Å². The number of nitrogens with zero attached hydrogens (tertiary/aromatic N) is 2. The number of amides is 3. The summed E-state index contributed by atoms with van der Waals surface area (Å²) < 4.78 is 5.28. The van der Waals surface area contributed by atoms with Crippen LogP contribution in [0.15, 0.2) is 36.4 Å². The van der Waals surface area contributed by atoms with E-state index in [9.17, 15) is 14.4 Å². The molecule has 3 aromatic rings. The first kappa shape index (κ1) is 27.7. The van der Waals surface area contributed by atoms with E-state index < -0.39 is 17.7 Å². The van der Waals surface area contributed by atoms with Gasteiger partial charge in [-0.2, -0.15) is 0 Å². The van der Waals surface area contributed by atoms with Gasteiger partial charge in [-0.05, 0) is 76.9 Å². The number of hydrogen-bond donors (Lipinski definition) is 3. The van der Waals surface area contributed by atoms with E-state index in [4.69, 9.17) is 27.9 Å². The third-order valence-corrected chi connectivity index (χ3v) is 6.75. The smallest absolute Gasteiger partial charge is 0.407 e. The lowest BCUT2D eigenvalue weighted by molar-refractivity contribution is 0.0501. The molecule has 0 radical (unpaired) electrons. The number of alkyl carbamates (subject to hydrolysis) is 1. The Bertz CT molecular complexity index is 1370. The molecule has 0 bridgehead atoms. The number of imidazole rings is 1. The molecule has 3 amide bonds. The number of aromatic nitrogens is 2. The lowest BCUT2D eigenvalue weighted by Crippen LogP contribution is -2.44. The predicted molar refractivity (Wildman–Crippen MR) is 147 cm³/mol. The first-order valence-corrected chi connectivity index (χ1v) is 13.2. The molecule has 1 aliphatic heterocycles. The number of fused-ring (bicyclic) bond motifs is 1. The van der Waals surface area contributed by atoms with Crippen LogP contribution in [-0.4, -0.2) is 57.5 Å². The van der Waals surface area contributed by atoms with Crippen molar-refractivity contribution < 1.29 is 19.1 Å². The van der Waals surface area contributed by atoms with Crippen molar-refractivity contribution in [1.29, 1.82) is 0 Å². The zero-order chi connectivity index (χ0) is 27.6. The van der Waals surface area contributed by atoms with Gasteiger partial charge in [-0.25, -0.2) is 9.78 Å². The minimum atomic E-state index is -0.602. The van der Waals surface area contributed by atoms with E-state index >= 15 is 0 Å². The molecule has 4 rings (SSSR count). The average Bonchev–Trinajstić information content (AvgIpc) is 3.48. The van der Waals surface area contributed by atoms with Crippen molar-refractivity contribution in [2.45, 2.75) is 58.2 Å². The molecule has 1 saturated heterocycles. The largest absolute Gasteiger partial charge is 0.444 e. The summed E-state index contributed by atoms with van der Waals surface area (Å²) >= 11 is 12.5. The molecule has 2 heterocycles. The molecule has 1 fully saturated rings. The highest BCUT2D eigenvalue weighted by Gasteiger charge is 2.31. The Morgan fingerprint density at radius 2 is 1.95 bits per heavy atom. The Labute approximate surface area is 231 Å². The van der Waals surface area contributed by atoms with Gasteiger partial charge in [0, 0.05) is 29.7 Å². The predicted octanol–water partition coefficient (Wildman–Crippen LogP) is 5.49. The standard InChI is InChI=1S/C27H31Cl2N5O4/c1-15(23-32-21-10-8-17(28)13-22(21)33-23)31-24(35)16-7-9-19(20(29)12-16)25(36)34-11-5-6-18(34)14-30-26(37)38-27(2,3)4/h7-10,12-13,15,18H,5-6,11,14H2,1-4H3,(H,30,37)(H,31,35)(H,32,33)/t15-,18+/m0/s1. The van der Waals surface area contributed by atoms with Gasteiger partial charge >= 0.3 is 6.09 Å². The van der Waals surface area contributed by atoms with Gasteiger partial charge in [-0.15, -0.1) is 0 Å². The average molecular weight is 560 g/mol. The molecule has 0 saturated carbocycles. The maximum Gasteiger partial charge on any atom is 0.407 e. The van der Waals surface area contributed by atoms with Crippen LogP contribution in [0.1, 0.15) is 73.1 Å². The first-order valence-electron chi connectivity index (χ1n) is 12.4.